The molecule has 0 saturated carbocycles. The van der Waals surface area contributed by atoms with Crippen molar-refractivity contribution in [3.05, 3.63) is 82.0 Å². The number of alkyl halides is 3. The van der Waals surface area contributed by atoms with Crippen molar-refractivity contribution in [2.24, 2.45) is 0 Å². The summed E-state index contributed by atoms with van der Waals surface area (Å²) in [7, 11) is 0. The smallest absolute Gasteiger partial charge is 0.321 e. The average Bonchev–Trinajstić information content (AvgIpc) is 2.62. The van der Waals surface area contributed by atoms with Crippen LogP contribution in [0, 0.1) is 0 Å². The number of hydrogen-bond donors (Lipinski definition) is 1. The molecule has 0 aliphatic rings. The number of benzene rings is 2. The summed E-state index contributed by atoms with van der Waals surface area (Å²) in [5.74, 6) is -0.888. The molecule has 0 saturated heterocycles. The topological polar surface area (TPSA) is 42.0 Å². The highest BCUT2D eigenvalue weighted by atomic mass is 35.5. The molecule has 1 heterocycles. The van der Waals surface area contributed by atoms with Gasteiger partial charge >= 0.3 is 6.18 Å². The third-order valence-electron chi connectivity index (χ3n) is 3.72. The largest absolute Gasteiger partial charge is 0.417 e. The van der Waals surface area contributed by atoms with Crippen molar-refractivity contribution < 1.29 is 18.0 Å². The first-order valence-corrected chi connectivity index (χ1v) is 8.41. The maximum absolute atomic E-state index is 13.2. The van der Waals surface area contributed by atoms with Gasteiger partial charge < -0.3 is 5.32 Å². The lowest BCUT2D eigenvalue weighted by Gasteiger charge is -2.15. The molecule has 3 aromatic rings. The minimum Gasteiger partial charge on any atom is -0.321 e. The number of anilines is 1. The van der Waals surface area contributed by atoms with Crippen molar-refractivity contribution >= 4 is 34.8 Å². The van der Waals surface area contributed by atoms with Crippen molar-refractivity contribution in [3.63, 3.8) is 0 Å². The third kappa shape index (κ3) is 4.23. The van der Waals surface area contributed by atoms with Crippen LogP contribution in [0.2, 0.25) is 10.0 Å². The Hall–Kier alpha value is -2.57. The highest BCUT2D eigenvalue weighted by Gasteiger charge is 2.35. The maximum Gasteiger partial charge on any atom is 0.417 e. The predicted octanol–water partition coefficient (Wildman–Crippen LogP) is 6.33. The molecule has 0 spiro atoms. The van der Waals surface area contributed by atoms with Gasteiger partial charge in [-0.3, -0.25) is 9.78 Å². The van der Waals surface area contributed by atoms with E-state index in [2.05, 4.69) is 10.3 Å². The van der Waals surface area contributed by atoms with Gasteiger partial charge in [0, 0.05) is 11.8 Å². The van der Waals surface area contributed by atoms with Crippen LogP contribution in [0.3, 0.4) is 0 Å². The van der Waals surface area contributed by atoms with Crippen LogP contribution in [0.1, 0.15) is 15.9 Å². The second-order valence-electron chi connectivity index (χ2n) is 5.53. The number of hydrogen-bond acceptors (Lipinski definition) is 2. The molecule has 0 radical (unpaired) electrons. The van der Waals surface area contributed by atoms with E-state index in [1.165, 1.54) is 24.4 Å². The molecule has 0 aliphatic heterocycles. The molecular weight excluding hydrogens is 400 g/mol. The standard InChI is InChI=1S/C19H11Cl2F3N2O/c20-11-9-15(21)17(25-10-11)13-6-2-4-8-16(13)26-18(27)12-5-1-3-7-14(12)19(22,23)24/h1-10H,(H,26,27). The fraction of sp³-hybridized carbons (Fsp3) is 0.0526. The number of rotatable bonds is 3. The highest BCUT2D eigenvalue weighted by Crippen LogP contribution is 2.35. The van der Waals surface area contributed by atoms with E-state index in [0.29, 0.717) is 16.3 Å². The Labute approximate surface area is 162 Å². The highest BCUT2D eigenvalue weighted by molar-refractivity contribution is 6.36. The van der Waals surface area contributed by atoms with Crippen LogP contribution in [0.5, 0.6) is 0 Å². The fourth-order valence-electron chi connectivity index (χ4n) is 2.53. The number of pyridine rings is 1. The normalized spacial score (nSPS) is 11.3. The zero-order valence-electron chi connectivity index (χ0n) is 13.5. The Balaban J connectivity index is 2.00. The van der Waals surface area contributed by atoms with Crippen LogP contribution in [0.15, 0.2) is 60.8 Å². The van der Waals surface area contributed by atoms with Gasteiger partial charge in [-0.15, -0.1) is 0 Å². The van der Waals surface area contributed by atoms with Crippen molar-refractivity contribution in [2.45, 2.75) is 6.18 Å². The average molecular weight is 411 g/mol. The predicted molar refractivity (Wildman–Crippen MR) is 99.1 cm³/mol. The van der Waals surface area contributed by atoms with Crippen molar-refractivity contribution in [3.8, 4) is 11.3 Å². The Morgan fingerprint density at radius 3 is 2.37 bits per heavy atom. The molecule has 1 aromatic heterocycles. The van der Waals surface area contributed by atoms with Gasteiger partial charge in [0.15, 0.2) is 0 Å². The van der Waals surface area contributed by atoms with E-state index in [1.807, 2.05) is 0 Å². The lowest BCUT2D eigenvalue weighted by molar-refractivity contribution is -0.137. The van der Waals surface area contributed by atoms with Crippen LogP contribution in [0.25, 0.3) is 11.3 Å². The number of nitrogens with one attached hydrogen (secondary N) is 1. The van der Waals surface area contributed by atoms with Crippen LogP contribution in [-0.2, 0) is 6.18 Å². The summed E-state index contributed by atoms with van der Waals surface area (Å²) < 4.78 is 39.5. The molecule has 0 atom stereocenters. The van der Waals surface area contributed by atoms with Crippen LogP contribution in [-0.4, -0.2) is 10.9 Å². The third-order valence-corrected chi connectivity index (χ3v) is 4.21. The summed E-state index contributed by atoms with van der Waals surface area (Å²) >= 11 is 12.0. The van der Waals surface area contributed by atoms with Crippen molar-refractivity contribution in [1.29, 1.82) is 0 Å². The first kappa shape index (κ1) is 19.2. The van der Waals surface area contributed by atoms with Gasteiger partial charge in [-0.05, 0) is 24.3 Å². The fourth-order valence-corrected chi connectivity index (χ4v) is 3.01. The van der Waals surface area contributed by atoms with Gasteiger partial charge in [-0.25, -0.2) is 0 Å². The summed E-state index contributed by atoms with van der Waals surface area (Å²) in [5.41, 5.74) is -0.410. The van der Waals surface area contributed by atoms with Gasteiger partial charge in [-0.1, -0.05) is 53.5 Å². The molecular formula is C19H11Cl2F3N2O. The molecule has 0 bridgehead atoms. The summed E-state index contributed by atoms with van der Waals surface area (Å²) in [4.78, 5) is 16.7. The molecule has 1 N–H and O–H groups in total. The summed E-state index contributed by atoms with van der Waals surface area (Å²) in [6.07, 6.45) is -3.26. The Morgan fingerprint density at radius 1 is 1.00 bits per heavy atom. The number of carbonyl (C=O) groups excluding carboxylic acids is 1. The van der Waals surface area contributed by atoms with Crippen LogP contribution < -0.4 is 5.32 Å². The molecule has 27 heavy (non-hydrogen) atoms. The van der Waals surface area contributed by atoms with E-state index in [4.69, 9.17) is 23.2 Å². The van der Waals surface area contributed by atoms with Crippen LogP contribution in [0.4, 0.5) is 18.9 Å². The summed E-state index contributed by atoms with van der Waals surface area (Å²) in [6.45, 7) is 0. The molecule has 0 aliphatic carbocycles. The Kier molecular flexibility index (Phi) is 5.39. The van der Waals surface area contributed by atoms with E-state index in [0.717, 1.165) is 12.1 Å². The van der Waals surface area contributed by atoms with Gasteiger partial charge in [0.05, 0.1) is 32.6 Å². The lowest BCUT2D eigenvalue weighted by Crippen LogP contribution is -2.19. The summed E-state index contributed by atoms with van der Waals surface area (Å²) in [6, 6.07) is 12.6. The number of para-hydroxylation sites is 1. The zero-order valence-corrected chi connectivity index (χ0v) is 15.0. The number of amides is 1. The zero-order chi connectivity index (χ0) is 19.6. The molecule has 0 unspecified atom stereocenters. The second-order valence-corrected chi connectivity index (χ2v) is 6.37. The van der Waals surface area contributed by atoms with E-state index in [9.17, 15) is 18.0 Å². The van der Waals surface area contributed by atoms with Gasteiger partial charge in [0.1, 0.15) is 0 Å². The van der Waals surface area contributed by atoms with E-state index < -0.39 is 23.2 Å². The van der Waals surface area contributed by atoms with Crippen LogP contribution >= 0.6 is 23.2 Å². The van der Waals surface area contributed by atoms with Gasteiger partial charge in [-0.2, -0.15) is 13.2 Å². The molecule has 138 valence electrons. The maximum atomic E-state index is 13.2. The van der Waals surface area contributed by atoms with Crippen molar-refractivity contribution in [1.82, 2.24) is 4.98 Å². The summed E-state index contributed by atoms with van der Waals surface area (Å²) in [5, 5.41) is 3.10. The lowest BCUT2D eigenvalue weighted by atomic mass is 10.0. The van der Waals surface area contributed by atoms with E-state index in [-0.39, 0.29) is 10.7 Å². The second kappa shape index (κ2) is 7.58. The molecule has 1 amide bonds. The number of nitrogens with zero attached hydrogens (tertiary/aromatic N) is 1. The molecule has 3 rings (SSSR count). The van der Waals surface area contributed by atoms with Crippen molar-refractivity contribution in [2.75, 3.05) is 5.32 Å². The number of carbonyl (C=O) groups is 1. The molecule has 3 nitrogen and oxygen atoms in total. The Morgan fingerprint density at radius 2 is 1.67 bits per heavy atom. The number of halogens is 5. The monoisotopic (exact) mass is 410 g/mol. The van der Waals surface area contributed by atoms with E-state index in [1.54, 1.807) is 24.3 Å². The quantitative estimate of drug-likeness (QED) is 0.548. The van der Waals surface area contributed by atoms with Gasteiger partial charge in [0.25, 0.3) is 5.91 Å². The molecule has 8 heteroatoms. The molecule has 2 aromatic carbocycles. The first-order chi connectivity index (χ1) is 12.8. The minimum atomic E-state index is -4.64. The van der Waals surface area contributed by atoms with Gasteiger partial charge in [0.2, 0.25) is 0 Å². The number of aromatic nitrogens is 1. The first-order valence-electron chi connectivity index (χ1n) is 7.65. The molecule has 0 fully saturated rings. The Bertz CT molecular complexity index is 1010. The minimum absolute atomic E-state index is 0.250. The SMILES string of the molecule is O=C(Nc1ccccc1-c1ncc(Cl)cc1Cl)c1ccccc1C(F)(F)F. The van der Waals surface area contributed by atoms with E-state index >= 15 is 0 Å².